The Morgan fingerprint density at radius 3 is 1.84 bits per heavy atom. The highest BCUT2D eigenvalue weighted by Gasteiger charge is 2.46. The van der Waals surface area contributed by atoms with E-state index in [1.807, 2.05) is 6.07 Å². The molecule has 0 saturated carbocycles. The highest BCUT2D eigenvalue weighted by atomic mass is 28.4. The van der Waals surface area contributed by atoms with Crippen LogP contribution in [0, 0.1) is 23.9 Å². The van der Waals surface area contributed by atoms with Crippen LogP contribution >= 0.6 is 0 Å². The van der Waals surface area contributed by atoms with Crippen molar-refractivity contribution < 1.29 is 4.43 Å². The van der Waals surface area contributed by atoms with Crippen LogP contribution in [0.5, 0.6) is 0 Å². The summed E-state index contributed by atoms with van der Waals surface area (Å²) < 4.78 is 6.23. The van der Waals surface area contributed by atoms with Gasteiger partial charge in [-0.1, -0.05) is 77.8 Å². The third-order valence-corrected chi connectivity index (χ3v) is 10.8. The maximum Gasteiger partial charge on any atom is 0.272 e. The summed E-state index contributed by atoms with van der Waals surface area (Å²) in [7, 11) is -1.86. The van der Waals surface area contributed by atoms with Crippen molar-refractivity contribution in [2.45, 2.75) is 83.8 Å². The van der Waals surface area contributed by atoms with E-state index in [0.717, 1.165) is 25.7 Å². The van der Waals surface area contributed by atoms with Crippen molar-refractivity contribution >= 4 is 8.32 Å². The second kappa shape index (κ2) is 11.1. The molecule has 1 aromatic rings. The minimum atomic E-state index is -1.86. The van der Waals surface area contributed by atoms with Gasteiger partial charge in [0.2, 0.25) is 0 Å². The fourth-order valence-corrected chi connectivity index (χ4v) is 8.64. The molecule has 136 valence electrons. The van der Waals surface area contributed by atoms with Crippen LogP contribution in [0.4, 0.5) is 0 Å². The Hall–Kier alpha value is -1.64. The molecule has 0 aliphatic rings. The van der Waals surface area contributed by atoms with Gasteiger partial charge in [-0.3, -0.25) is 0 Å². The van der Waals surface area contributed by atoms with Crippen LogP contribution in [-0.2, 0) is 10.8 Å². The highest BCUT2D eigenvalue weighted by molar-refractivity contribution is 6.77. The molecular formula is C23H34OSi. The van der Waals surface area contributed by atoms with Crippen molar-refractivity contribution in [3.05, 3.63) is 35.9 Å². The Kier molecular flexibility index (Phi) is 9.47. The van der Waals surface area contributed by atoms with Gasteiger partial charge in [-0.2, -0.15) is 0 Å². The minimum Gasteiger partial charge on any atom is -0.500 e. The molecule has 0 radical (unpaired) electrons. The molecule has 0 saturated heterocycles. The normalized spacial score (nSPS) is 11.1. The van der Waals surface area contributed by atoms with Crippen LogP contribution in [0.25, 0.3) is 0 Å². The van der Waals surface area contributed by atoms with Gasteiger partial charge in [-0.25, -0.2) is 0 Å². The van der Waals surface area contributed by atoms with Crippen molar-refractivity contribution in [3.8, 4) is 23.9 Å². The Morgan fingerprint density at radius 1 is 0.760 bits per heavy atom. The fourth-order valence-electron chi connectivity index (χ4n) is 3.68. The molecular weight excluding hydrogens is 320 g/mol. The van der Waals surface area contributed by atoms with Gasteiger partial charge in [0.15, 0.2) is 0 Å². The lowest BCUT2D eigenvalue weighted by atomic mass is 10.1. The van der Waals surface area contributed by atoms with Gasteiger partial charge in [0.05, 0.1) is 6.11 Å². The summed E-state index contributed by atoms with van der Waals surface area (Å²) in [5, 5.41) is 0. The Bertz CT molecular complexity index is 586. The van der Waals surface area contributed by atoms with Crippen molar-refractivity contribution in [3.63, 3.8) is 0 Å². The monoisotopic (exact) mass is 354 g/mol. The number of rotatable bonds is 7. The molecule has 0 unspecified atom stereocenters. The van der Waals surface area contributed by atoms with E-state index < -0.39 is 8.32 Å². The minimum absolute atomic E-state index is 0.569. The van der Waals surface area contributed by atoms with Crippen LogP contribution in [-0.4, -0.2) is 8.32 Å². The smallest absolute Gasteiger partial charge is 0.272 e. The molecule has 0 fully saturated rings. The maximum atomic E-state index is 6.23. The first-order chi connectivity index (χ1) is 11.9. The molecule has 2 heteroatoms. The first kappa shape index (κ1) is 21.4. The standard InChI is InChI=1S/C23H34OSi/c1-20(2)25(21(3)4,22(5)6)24-19-15-10-8-7-9-12-16-23-17-13-11-14-18-23/h11,13-14,17-18,20-22H,8,10,12,16H2,1-6H3. The van der Waals surface area contributed by atoms with Crippen LogP contribution in [0.1, 0.15) is 66.4 Å². The first-order valence-electron chi connectivity index (χ1n) is 9.56. The second-order valence-electron chi connectivity index (χ2n) is 7.54. The van der Waals surface area contributed by atoms with E-state index >= 15 is 0 Å². The fraction of sp³-hybridized carbons (Fsp3) is 0.565. The number of unbranched alkanes of at least 4 members (excludes halogenated alkanes) is 1. The maximum absolute atomic E-state index is 6.23. The zero-order chi connectivity index (χ0) is 18.7. The molecule has 0 N–H and O–H groups in total. The van der Waals surface area contributed by atoms with Gasteiger partial charge in [-0.15, -0.1) is 11.8 Å². The van der Waals surface area contributed by atoms with Crippen molar-refractivity contribution in [2.75, 3.05) is 0 Å². The van der Waals surface area contributed by atoms with Gasteiger partial charge < -0.3 is 4.43 Å². The first-order valence-corrected chi connectivity index (χ1v) is 11.7. The van der Waals surface area contributed by atoms with Crippen LogP contribution in [0.15, 0.2) is 30.3 Å². The molecule has 0 amide bonds. The molecule has 0 aliphatic heterocycles. The largest absolute Gasteiger partial charge is 0.500 e. The molecule has 1 nitrogen and oxygen atoms in total. The quantitative estimate of drug-likeness (QED) is 0.306. The van der Waals surface area contributed by atoms with Crippen LogP contribution in [0.3, 0.4) is 0 Å². The topological polar surface area (TPSA) is 9.23 Å². The van der Waals surface area contributed by atoms with E-state index in [1.165, 1.54) is 5.56 Å². The summed E-state index contributed by atoms with van der Waals surface area (Å²) in [6.45, 7) is 13.7. The van der Waals surface area contributed by atoms with Crippen molar-refractivity contribution in [2.24, 2.45) is 0 Å². The van der Waals surface area contributed by atoms with E-state index in [2.05, 4.69) is 89.7 Å². The van der Waals surface area contributed by atoms with E-state index in [4.69, 9.17) is 4.43 Å². The summed E-state index contributed by atoms with van der Waals surface area (Å²) >= 11 is 0. The lowest BCUT2D eigenvalue weighted by Crippen LogP contribution is -2.46. The third kappa shape index (κ3) is 6.64. The Balaban J connectivity index is 2.41. The lowest BCUT2D eigenvalue weighted by Gasteiger charge is -2.39. The van der Waals surface area contributed by atoms with Gasteiger partial charge in [0.25, 0.3) is 8.32 Å². The third-order valence-electron chi connectivity index (χ3n) is 4.89. The SMILES string of the molecule is CC(C)[Si](OC#CCCC#CCCc1ccccc1)(C(C)C)C(C)C. The summed E-state index contributed by atoms with van der Waals surface area (Å²) in [6.07, 6.45) is 6.58. The molecule has 0 aromatic heterocycles. The van der Waals surface area contributed by atoms with Gasteiger partial charge >= 0.3 is 0 Å². The van der Waals surface area contributed by atoms with E-state index in [0.29, 0.717) is 16.6 Å². The number of hydrogen-bond acceptors (Lipinski definition) is 1. The molecule has 0 atom stereocenters. The number of aryl methyl sites for hydroxylation is 1. The molecule has 0 spiro atoms. The molecule has 0 aliphatic carbocycles. The second-order valence-corrected chi connectivity index (χ2v) is 12.9. The molecule has 25 heavy (non-hydrogen) atoms. The number of benzene rings is 1. The van der Waals surface area contributed by atoms with Gasteiger partial charge in [-0.05, 0) is 28.6 Å². The average molecular weight is 355 g/mol. The summed E-state index contributed by atoms with van der Waals surface area (Å²) in [5.41, 5.74) is 3.06. The van der Waals surface area contributed by atoms with Crippen molar-refractivity contribution in [1.82, 2.24) is 0 Å². The summed E-state index contributed by atoms with van der Waals surface area (Å²) in [6, 6.07) is 10.5. The molecule has 0 bridgehead atoms. The summed E-state index contributed by atoms with van der Waals surface area (Å²) in [4.78, 5) is 0. The predicted molar refractivity (Wildman–Crippen MR) is 112 cm³/mol. The molecule has 1 aromatic carbocycles. The zero-order valence-corrected chi connectivity index (χ0v) is 17.9. The Morgan fingerprint density at radius 2 is 1.28 bits per heavy atom. The Labute approximate surface area is 156 Å². The van der Waals surface area contributed by atoms with Crippen LogP contribution in [0.2, 0.25) is 16.6 Å². The van der Waals surface area contributed by atoms with Crippen molar-refractivity contribution in [1.29, 1.82) is 0 Å². The summed E-state index contributed by atoms with van der Waals surface area (Å²) in [5.74, 6) is 9.64. The average Bonchev–Trinajstić information content (AvgIpc) is 2.56. The van der Waals surface area contributed by atoms with E-state index in [9.17, 15) is 0 Å². The lowest BCUT2D eigenvalue weighted by molar-refractivity contribution is 0.446. The van der Waals surface area contributed by atoms with Gasteiger partial charge in [0, 0.05) is 19.3 Å². The van der Waals surface area contributed by atoms with E-state index in [1.54, 1.807) is 0 Å². The highest BCUT2D eigenvalue weighted by Crippen LogP contribution is 2.41. The van der Waals surface area contributed by atoms with Crippen LogP contribution < -0.4 is 0 Å². The zero-order valence-electron chi connectivity index (χ0n) is 16.9. The molecule has 1 rings (SSSR count). The predicted octanol–water partition coefficient (Wildman–Crippen LogP) is 6.56. The van der Waals surface area contributed by atoms with E-state index in [-0.39, 0.29) is 0 Å². The molecule has 0 heterocycles. The number of hydrogen-bond donors (Lipinski definition) is 0. The van der Waals surface area contributed by atoms with Gasteiger partial charge in [0.1, 0.15) is 0 Å².